The molecule has 0 spiro atoms. The van der Waals surface area contributed by atoms with Crippen LogP contribution in [-0.4, -0.2) is 21.9 Å². The Morgan fingerprint density at radius 1 is 1.45 bits per heavy atom. The average molecular weight is 300 g/mol. The van der Waals surface area contributed by atoms with Crippen molar-refractivity contribution in [2.75, 3.05) is 5.75 Å². The quantitative estimate of drug-likeness (QED) is 0.793. The normalized spacial score (nSPS) is 21.4. The fraction of sp³-hybridized carbons (Fsp3) is 0.538. The maximum absolute atomic E-state index is 13.1. The van der Waals surface area contributed by atoms with Crippen molar-refractivity contribution >= 4 is 11.8 Å². The topological polar surface area (TPSA) is 52.1 Å². The number of alkyl halides is 2. The van der Waals surface area contributed by atoms with Crippen LogP contribution in [0.2, 0.25) is 0 Å². The molecule has 4 nitrogen and oxygen atoms in total. The maximum atomic E-state index is 13.1. The van der Waals surface area contributed by atoms with Gasteiger partial charge in [0.05, 0.1) is 11.8 Å². The highest BCUT2D eigenvalue weighted by Crippen LogP contribution is 2.41. The summed E-state index contributed by atoms with van der Waals surface area (Å²) in [5, 5.41) is 8.29. The molecule has 2 heterocycles. The summed E-state index contributed by atoms with van der Waals surface area (Å²) in [4.78, 5) is 0. The number of aryl methyl sites for hydroxylation is 1. The fourth-order valence-electron chi connectivity index (χ4n) is 2.36. The molecule has 0 aromatic carbocycles. The second-order valence-electron chi connectivity index (χ2n) is 5.04. The minimum absolute atomic E-state index is 0.0124. The zero-order chi connectivity index (χ0) is 14.2. The number of halogens is 2. The summed E-state index contributed by atoms with van der Waals surface area (Å²) in [6, 6.07) is 1.76. The monoisotopic (exact) mass is 300 g/mol. The van der Waals surface area contributed by atoms with E-state index in [2.05, 4.69) is 10.2 Å². The van der Waals surface area contributed by atoms with E-state index < -0.39 is 5.92 Å². The van der Waals surface area contributed by atoms with Gasteiger partial charge in [0.25, 0.3) is 11.1 Å². The molecule has 0 radical (unpaired) electrons. The van der Waals surface area contributed by atoms with Crippen LogP contribution in [0.3, 0.4) is 0 Å². The van der Waals surface area contributed by atoms with Gasteiger partial charge in [0.1, 0.15) is 5.76 Å². The van der Waals surface area contributed by atoms with Gasteiger partial charge in [-0.3, -0.25) is 0 Å². The molecule has 0 saturated heterocycles. The van der Waals surface area contributed by atoms with Crippen LogP contribution in [0.5, 0.6) is 0 Å². The lowest BCUT2D eigenvalue weighted by Gasteiger charge is -2.08. The molecule has 1 aliphatic carbocycles. The lowest BCUT2D eigenvalue weighted by molar-refractivity contribution is 0.00595. The molecule has 0 amide bonds. The molecule has 108 valence electrons. The van der Waals surface area contributed by atoms with Crippen molar-refractivity contribution in [1.29, 1.82) is 0 Å². The summed E-state index contributed by atoms with van der Waals surface area (Å²) < 4.78 is 36.9. The highest BCUT2D eigenvalue weighted by atomic mass is 32.2. The van der Waals surface area contributed by atoms with Gasteiger partial charge in [-0.2, -0.15) is 0 Å². The number of hydrogen-bond acceptors (Lipinski definition) is 5. The fourth-order valence-corrected chi connectivity index (χ4v) is 3.26. The van der Waals surface area contributed by atoms with Crippen molar-refractivity contribution in [3.05, 3.63) is 18.1 Å². The lowest BCUT2D eigenvalue weighted by Crippen LogP contribution is -2.10. The summed E-state index contributed by atoms with van der Waals surface area (Å²) in [7, 11) is 0. The molecule has 1 fully saturated rings. The molecule has 7 heteroatoms. The molecule has 1 aliphatic rings. The van der Waals surface area contributed by atoms with Crippen molar-refractivity contribution in [2.24, 2.45) is 5.92 Å². The largest absolute Gasteiger partial charge is 0.469 e. The Balaban J connectivity index is 1.60. The second kappa shape index (κ2) is 5.20. The van der Waals surface area contributed by atoms with Crippen molar-refractivity contribution in [2.45, 2.75) is 37.3 Å². The Labute approximate surface area is 118 Å². The molecule has 2 aromatic rings. The van der Waals surface area contributed by atoms with Gasteiger partial charge in [0.15, 0.2) is 0 Å². The van der Waals surface area contributed by atoms with E-state index in [4.69, 9.17) is 8.83 Å². The van der Waals surface area contributed by atoms with Gasteiger partial charge in [0, 0.05) is 18.6 Å². The number of hydrogen-bond donors (Lipinski definition) is 0. The molecular formula is C13H14F2N2O2S. The predicted molar refractivity (Wildman–Crippen MR) is 69.7 cm³/mol. The van der Waals surface area contributed by atoms with Crippen LogP contribution in [0, 0.1) is 12.8 Å². The van der Waals surface area contributed by atoms with Crippen LogP contribution in [0.1, 0.15) is 25.0 Å². The summed E-state index contributed by atoms with van der Waals surface area (Å²) in [6.07, 6.45) is 2.06. The van der Waals surface area contributed by atoms with Crippen LogP contribution < -0.4 is 0 Å². The minimum Gasteiger partial charge on any atom is -0.469 e. The van der Waals surface area contributed by atoms with E-state index in [1.54, 1.807) is 12.3 Å². The Kier molecular flexibility index (Phi) is 3.54. The smallest absolute Gasteiger partial charge is 0.276 e. The Hall–Kier alpha value is -1.37. The highest BCUT2D eigenvalue weighted by molar-refractivity contribution is 7.99. The summed E-state index contributed by atoms with van der Waals surface area (Å²) in [5.41, 5.74) is 0.761. The van der Waals surface area contributed by atoms with Crippen LogP contribution >= 0.6 is 11.8 Å². The first-order chi connectivity index (χ1) is 9.53. The number of furan rings is 1. The van der Waals surface area contributed by atoms with Gasteiger partial charge in [0.2, 0.25) is 5.92 Å². The molecular weight excluding hydrogens is 286 g/mol. The summed E-state index contributed by atoms with van der Waals surface area (Å²) in [6.45, 7) is 1.81. The number of thioether (sulfide) groups is 1. The van der Waals surface area contributed by atoms with Gasteiger partial charge in [-0.05, 0) is 25.3 Å². The SMILES string of the molecule is Cc1occc1-c1nnc(SCC2CCC(F)(F)C2)o1. The molecule has 0 aliphatic heterocycles. The first kappa shape index (κ1) is 13.6. The molecule has 20 heavy (non-hydrogen) atoms. The zero-order valence-electron chi connectivity index (χ0n) is 10.9. The molecule has 1 unspecified atom stereocenters. The Morgan fingerprint density at radius 3 is 2.95 bits per heavy atom. The van der Waals surface area contributed by atoms with E-state index in [9.17, 15) is 8.78 Å². The number of aromatic nitrogens is 2. The third-order valence-electron chi connectivity index (χ3n) is 3.44. The van der Waals surface area contributed by atoms with Crippen LogP contribution in [0.15, 0.2) is 26.4 Å². The van der Waals surface area contributed by atoms with Crippen molar-refractivity contribution in [1.82, 2.24) is 10.2 Å². The van der Waals surface area contributed by atoms with Crippen molar-refractivity contribution in [3.8, 4) is 11.5 Å². The molecule has 0 N–H and O–H groups in total. The first-order valence-electron chi connectivity index (χ1n) is 6.42. The highest BCUT2D eigenvalue weighted by Gasteiger charge is 2.39. The molecule has 1 atom stereocenters. The Bertz CT molecular complexity index is 597. The van der Waals surface area contributed by atoms with Crippen molar-refractivity contribution in [3.63, 3.8) is 0 Å². The van der Waals surface area contributed by atoms with Crippen LogP contribution in [0.25, 0.3) is 11.5 Å². The van der Waals surface area contributed by atoms with Crippen molar-refractivity contribution < 1.29 is 17.6 Å². The van der Waals surface area contributed by atoms with E-state index in [-0.39, 0.29) is 18.8 Å². The maximum Gasteiger partial charge on any atom is 0.276 e. The first-order valence-corrected chi connectivity index (χ1v) is 7.41. The van der Waals surface area contributed by atoms with Gasteiger partial charge >= 0.3 is 0 Å². The number of nitrogens with zero attached hydrogens (tertiary/aromatic N) is 2. The van der Waals surface area contributed by atoms with Crippen LogP contribution in [0.4, 0.5) is 8.78 Å². The van der Waals surface area contributed by atoms with Crippen LogP contribution in [-0.2, 0) is 0 Å². The molecule has 0 bridgehead atoms. The van der Waals surface area contributed by atoms with E-state index in [1.807, 2.05) is 6.92 Å². The average Bonchev–Trinajstić information content (AvgIpc) is 3.07. The predicted octanol–water partition coefficient (Wildman–Crippen LogP) is 4.17. The lowest BCUT2D eigenvalue weighted by atomic mass is 10.1. The molecule has 2 aromatic heterocycles. The standard InChI is InChI=1S/C13H14F2N2O2S/c1-8-10(3-5-18-8)11-16-17-12(19-11)20-7-9-2-4-13(14,15)6-9/h3,5,9H,2,4,6-7H2,1H3. The van der Waals surface area contributed by atoms with Gasteiger partial charge in [-0.15, -0.1) is 10.2 Å². The van der Waals surface area contributed by atoms with E-state index >= 15 is 0 Å². The van der Waals surface area contributed by atoms with E-state index in [0.717, 1.165) is 5.56 Å². The second-order valence-corrected chi connectivity index (χ2v) is 6.01. The molecule has 1 saturated carbocycles. The molecule has 3 rings (SSSR count). The summed E-state index contributed by atoms with van der Waals surface area (Å²) in [5.74, 6) is -0.794. The number of rotatable bonds is 4. The zero-order valence-corrected chi connectivity index (χ0v) is 11.8. The van der Waals surface area contributed by atoms with E-state index in [1.165, 1.54) is 11.8 Å². The van der Waals surface area contributed by atoms with E-state index in [0.29, 0.717) is 29.0 Å². The van der Waals surface area contributed by atoms with Gasteiger partial charge in [-0.25, -0.2) is 8.78 Å². The Morgan fingerprint density at radius 2 is 2.30 bits per heavy atom. The van der Waals surface area contributed by atoms with Gasteiger partial charge < -0.3 is 8.83 Å². The third-order valence-corrected chi connectivity index (χ3v) is 4.49. The minimum atomic E-state index is -2.50. The van der Waals surface area contributed by atoms with Gasteiger partial charge in [-0.1, -0.05) is 11.8 Å². The third kappa shape index (κ3) is 2.87. The summed E-state index contributed by atoms with van der Waals surface area (Å²) >= 11 is 1.34.